The van der Waals surface area contributed by atoms with Crippen molar-refractivity contribution in [3.05, 3.63) is 30.3 Å². The van der Waals surface area contributed by atoms with E-state index in [1.165, 1.54) is 0 Å². The number of hydrogen-bond acceptors (Lipinski definition) is 5. The van der Waals surface area contributed by atoms with E-state index < -0.39 is 14.6 Å². The number of hydrogen-bond donors (Lipinski definition) is 0. The lowest BCUT2D eigenvalue weighted by atomic mass is 9.93. The fourth-order valence-corrected chi connectivity index (χ4v) is 5.17. The van der Waals surface area contributed by atoms with Gasteiger partial charge in [0.25, 0.3) is 0 Å². The maximum atomic E-state index is 12.9. The van der Waals surface area contributed by atoms with E-state index in [1.54, 1.807) is 31.4 Å². The summed E-state index contributed by atoms with van der Waals surface area (Å²) in [7, 11) is -1.74. The molecule has 0 N–H and O–H groups in total. The average Bonchev–Trinajstić information content (AvgIpc) is 2.62. The molecule has 146 valence electrons. The standard InChI is InChI=1S/C20H32N2O3S/c1-17(21-25-4)18-10-8-14-22(16-18)15-9-13-20(2,3)26(23,24)19-11-6-5-7-12-19/h5-7,11-12,18H,8-10,13-16H2,1-4H3/b21-17+. The quantitative estimate of drug-likeness (QED) is 0.509. The highest BCUT2D eigenvalue weighted by Gasteiger charge is 2.35. The second-order valence-electron chi connectivity index (χ2n) is 7.73. The Kier molecular flexibility index (Phi) is 7.24. The van der Waals surface area contributed by atoms with Crippen molar-refractivity contribution in [1.29, 1.82) is 0 Å². The Balaban J connectivity index is 1.91. The minimum absolute atomic E-state index is 0.412. The normalized spacial score (nSPS) is 20.2. The number of benzene rings is 1. The van der Waals surface area contributed by atoms with Crippen LogP contribution in [0, 0.1) is 5.92 Å². The minimum Gasteiger partial charge on any atom is -0.399 e. The molecule has 0 aliphatic carbocycles. The highest BCUT2D eigenvalue weighted by molar-refractivity contribution is 7.92. The predicted octanol–water partition coefficient (Wildman–Crippen LogP) is 3.75. The van der Waals surface area contributed by atoms with Gasteiger partial charge in [0.05, 0.1) is 15.4 Å². The van der Waals surface area contributed by atoms with Crippen LogP contribution in [0.5, 0.6) is 0 Å². The zero-order valence-corrected chi connectivity index (χ0v) is 17.3. The molecule has 0 bridgehead atoms. The number of sulfone groups is 1. The van der Waals surface area contributed by atoms with Gasteiger partial charge in [-0.2, -0.15) is 0 Å². The number of nitrogens with zero attached hydrogens (tertiary/aromatic N) is 2. The van der Waals surface area contributed by atoms with Crippen molar-refractivity contribution in [2.24, 2.45) is 11.1 Å². The smallest absolute Gasteiger partial charge is 0.183 e. The lowest BCUT2D eigenvalue weighted by molar-refractivity contribution is 0.185. The molecule has 1 aliphatic heterocycles. The lowest BCUT2D eigenvalue weighted by Crippen LogP contribution is -2.39. The van der Waals surface area contributed by atoms with E-state index in [9.17, 15) is 8.42 Å². The van der Waals surface area contributed by atoms with Crippen LogP contribution in [0.4, 0.5) is 0 Å². The summed E-state index contributed by atoms with van der Waals surface area (Å²) in [6.45, 7) is 8.67. The second-order valence-corrected chi connectivity index (χ2v) is 10.3. The maximum absolute atomic E-state index is 12.9. The molecule has 2 rings (SSSR count). The van der Waals surface area contributed by atoms with Gasteiger partial charge in [0.1, 0.15) is 7.11 Å². The zero-order chi connectivity index (χ0) is 19.2. The summed E-state index contributed by atoms with van der Waals surface area (Å²) in [5, 5.41) is 4.08. The zero-order valence-electron chi connectivity index (χ0n) is 16.4. The van der Waals surface area contributed by atoms with E-state index >= 15 is 0 Å². The van der Waals surface area contributed by atoms with Gasteiger partial charge < -0.3 is 9.74 Å². The van der Waals surface area contributed by atoms with Crippen LogP contribution in [0.25, 0.3) is 0 Å². The molecule has 5 nitrogen and oxygen atoms in total. The molecule has 1 fully saturated rings. The van der Waals surface area contributed by atoms with Crippen LogP contribution >= 0.6 is 0 Å². The highest BCUT2D eigenvalue weighted by Crippen LogP contribution is 2.30. The Morgan fingerprint density at radius 3 is 2.65 bits per heavy atom. The van der Waals surface area contributed by atoms with Gasteiger partial charge in [0.15, 0.2) is 9.84 Å². The molecule has 0 radical (unpaired) electrons. The largest absolute Gasteiger partial charge is 0.399 e. The molecule has 1 aromatic rings. The van der Waals surface area contributed by atoms with E-state index in [0.717, 1.165) is 44.6 Å². The van der Waals surface area contributed by atoms with Crippen LogP contribution in [0.15, 0.2) is 40.4 Å². The minimum atomic E-state index is -3.33. The molecule has 6 heteroatoms. The Bertz CT molecular complexity index is 699. The third kappa shape index (κ3) is 5.07. The first-order valence-electron chi connectivity index (χ1n) is 9.37. The Morgan fingerprint density at radius 2 is 2.00 bits per heavy atom. The summed E-state index contributed by atoms with van der Waals surface area (Å²) in [6, 6.07) is 8.77. The fraction of sp³-hybridized carbons (Fsp3) is 0.650. The van der Waals surface area contributed by atoms with Crippen molar-refractivity contribution in [2.75, 3.05) is 26.7 Å². The Morgan fingerprint density at radius 1 is 1.31 bits per heavy atom. The van der Waals surface area contributed by atoms with Gasteiger partial charge in [-0.15, -0.1) is 0 Å². The van der Waals surface area contributed by atoms with E-state index in [0.29, 0.717) is 17.2 Å². The van der Waals surface area contributed by atoms with Crippen molar-refractivity contribution in [2.45, 2.75) is 56.1 Å². The molecule has 0 aromatic heterocycles. The van der Waals surface area contributed by atoms with Gasteiger partial charge in [-0.05, 0) is 71.7 Å². The number of piperidine rings is 1. The van der Waals surface area contributed by atoms with Gasteiger partial charge in [0, 0.05) is 12.5 Å². The molecule has 1 aromatic carbocycles. The van der Waals surface area contributed by atoms with Crippen LogP contribution in [0.3, 0.4) is 0 Å². The van der Waals surface area contributed by atoms with E-state index in [4.69, 9.17) is 4.84 Å². The first kappa shape index (κ1) is 20.9. The summed E-state index contributed by atoms with van der Waals surface area (Å²) < 4.78 is 25.0. The van der Waals surface area contributed by atoms with Crippen LogP contribution in [0.1, 0.15) is 46.5 Å². The molecular weight excluding hydrogens is 348 g/mol. The van der Waals surface area contributed by atoms with Gasteiger partial charge in [-0.25, -0.2) is 8.42 Å². The molecule has 26 heavy (non-hydrogen) atoms. The third-order valence-corrected chi connectivity index (χ3v) is 7.92. The SMILES string of the molecule is CO/N=C(\C)C1CCCN(CCCC(C)(C)S(=O)(=O)c2ccccc2)C1. The summed E-state index contributed by atoms with van der Waals surface area (Å²) in [5.41, 5.74) is 1.05. The van der Waals surface area contributed by atoms with Gasteiger partial charge in [-0.1, -0.05) is 23.4 Å². The average molecular weight is 381 g/mol. The summed E-state index contributed by atoms with van der Waals surface area (Å²) in [5.74, 6) is 0.435. The predicted molar refractivity (Wildman–Crippen MR) is 106 cm³/mol. The van der Waals surface area contributed by atoms with Crippen molar-refractivity contribution in [1.82, 2.24) is 4.90 Å². The monoisotopic (exact) mass is 380 g/mol. The summed E-state index contributed by atoms with van der Waals surface area (Å²) in [6.07, 6.45) is 3.80. The molecule has 1 unspecified atom stereocenters. The number of oxime groups is 1. The van der Waals surface area contributed by atoms with Crippen molar-refractivity contribution < 1.29 is 13.3 Å². The van der Waals surface area contributed by atoms with E-state index in [-0.39, 0.29) is 0 Å². The van der Waals surface area contributed by atoms with E-state index in [2.05, 4.69) is 10.1 Å². The van der Waals surface area contributed by atoms with Gasteiger partial charge >= 0.3 is 0 Å². The molecule has 1 atom stereocenters. The van der Waals surface area contributed by atoms with Crippen molar-refractivity contribution in [3.8, 4) is 0 Å². The van der Waals surface area contributed by atoms with Crippen molar-refractivity contribution >= 4 is 15.5 Å². The molecule has 0 spiro atoms. The van der Waals surface area contributed by atoms with Crippen LogP contribution in [-0.2, 0) is 14.7 Å². The lowest BCUT2D eigenvalue weighted by Gasteiger charge is -2.33. The van der Waals surface area contributed by atoms with Crippen molar-refractivity contribution in [3.63, 3.8) is 0 Å². The van der Waals surface area contributed by atoms with Gasteiger partial charge in [-0.3, -0.25) is 0 Å². The summed E-state index contributed by atoms with van der Waals surface area (Å²) >= 11 is 0. The first-order valence-corrected chi connectivity index (χ1v) is 10.9. The third-order valence-electron chi connectivity index (χ3n) is 5.37. The highest BCUT2D eigenvalue weighted by atomic mass is 32.2. The first-order chi connectivity index (χ1) is 12.3. The topological polar surface area (TPSA) is 59.0 Å². The van der Waals surface area contributed by atoms with Gasteiger partial charge in [0.2, 0.25) is 0 Å². The Labute approximate surface area is 158 Å². The van der Waals surface area contributed by atoms with Crippen LogP contribution in [-0.4, -0.2) is 50.5 Å². The molecule has 0 amide bonds. The fourth-order valence-electron chi connectivity index (χ4n) is 3.60. The number of likely N-dealkylation sites (tertiary alicyclic amines) is 1. The molecule has 1 aliphatic rings. The maximum Gasteiger partial charge on any atom is 0.183 e. The Hall–Kier alpha value is -1.40. The number of rotatable bonds is 8. The van der Waals surface area contributed by atoms with Crippen LogP contribution < -0.4 is 0 Å². The molecular formula is C20H32N2O3S. The molecule has 1 saturated heterocycles. The van der Waals surface area contributed by atoms with Crippen LogP contribution in [0.2, 0.25) is 0 Å². The van der Waals surface area contributed by atoms with E-state index in [1.807, 2.05) is 26.8 Å². The molecule has 1 heterocycles. The second kappa shape index (κ2) is 9.00. The molecule has 0 saturated carbocycles. The summed E-state index contributed by atoms with van der Waals surface area (Å²) in [4.78, 5) is 7.74.